The standard InChI is InChI=1S/C15H19N3O3/c1-15(2,9-16)10-18(3)14(21)17-8-11-4-6-12(7-5-11)13(19)20/h4-7H,8,10H2,1-3H3,(H,17,21)(H,19,20). The van der Waals surface area contributed by atoms with Gasteiger partial charge in [0.05, 0.1) is 17.0 Å². The average molecular weight is 289 g/mol. The van der Waals surface area contributed by atoms with Gasteiger partial charge in [-0.3, -0.25) is 0 Å². The molecule has 112 valence electrons. The fourth-order valence-corrected chi connectivity index (χ4v) is 1.78. The largest absolute Gasteiger partial charge is 0.478 e. The number of nitriles is 1. The van der Waals surface area contributed by atoms with E-state index in [1.54, 1.807) is 33.0 Å². The zero-order valence-corrected chi connectivity index (χ0v) is 12.4. The Hall–Kier alpha value is -2.55. The Bertz CT molecular complexity index is 559. The van der Waals surface area contributed by atoms with Gasteiger partial charge in [-0.2, -0.15) is 5.26 Å². The van der Waals surface area contributed by atoms with E-state index in [1.165, 1.54) is 17.0 Å². The van der Waals surface area contributed by atoms with Gasteiger partial charge in [0.15, 0.2) is 0 Å². The molecule has 0 fully saturated rings. The van der Waals surface area contributed by atoms with Crippen molar-refractivity contribution in [3.63, 3.8) is 0 Å². The van der Waals surface area contributed by atoms with Gasteiger partial charge in [-0.25, -0.2) is 9.59 Å². The van der Waals surface area contributed by atoms with Crippen LogP contribution < -0.4 is 5.32 Å². The van der Waals surface area contributed by atoms with Crippen LogP contribution in [0, 0.1) is 16.7 Å². The van der Waals surface area contributed by atoms with E-state index in [-0.39, 0.29) is 11.6 Å². The summed E-state index contributed by atoms with van der Waals surface area (Å²) >= 11 is 0. The van der Waals surface area contributed by atoms with Crippen molar-refractivity contribution in [1.82, 2.24) is 10.2 Å². The molecular formula is C15H19N3O3. The SMILES string of the molecule is CN(CC(C)(C)C#N)C(=O)NCc1ccc(C(=O)O)cc1. The fraction of sp³-hybridized carbons (Fsp3) is 0.400. The van der Waals surface area contributed by atoms with Gasteiger partial charge in [0.1, 0.15) is 0 Å². The number of nitrogens with one attached hydrogen (secondary N) is 1. The van der Waals surface area contributed by atoms with Gasteiger partial charge in [0.2, 0.25) is 0 Å². The quantitative estimate of drug-likeness (QED) is 0.867. The van der Waals surface area contributed by atoms with Crippen LogP contribution in [0.15, 0.2) is 24.3 Å². The van der Waals surface area contributed by atoms with Crippen LogP contribution in [0.4, 0.5) is 4.79 Å². The number of urea groups is 1. The van der Waals surface area contributed by atoms with Crippen molar-refractivity contribution in [3.05, 3.63) is 35.4 Å². The predicted molar refractivity (Wildman–Crippen MR) is 77.7 cm³/mol. The summed E-state index contributed by atoms with van der Waals surface area (Å²) in [5.74, 6) is -0.982. The van der Waals surface area contributed by atoms with E-state index in [4.69, 9.17) is 10.4 Å². The first kappa shape index (κ1) is 16.5. The number of rotatable bonds is 5. The third-order valence-corrected chi connectivity index (χ3v) is 2.93. The maximum atomic E-state index is 11.9. The first-order valence-corrected chi connectivity index (χ1v) is 6.47. The number of hydrogen-bond donors (Lipinski definition) is 2. The minimum Gasteiger partial charge on any atom is -0.478 e. The Morgan fingerprint density at radius 2 is 1.90 bits per heavy atom. The van der Waals surface area contributed by atoms with Gasteiger partial charge >= 0.3 is 12.0 Å². The van der Waals surface area contributed by atoms with Crippen LogP contribution in [-0.2, 0) is 6.54 Å². The second-order valence-electron chi connectivity index (χ2n) is 5.51. The lowest BCUT2D eigenvalue weighted by Gasteiger charge is -2.24. The van der Waals surface area contributed by atoms with Crippen molar-refractivity contribution >= 4 is 12.0 Å². The number of carbonyl (C=O) groups is 2. The molecule has 0 saturated heterocycles. The topological polar surface area (TPSA) is 93.4 Å². The molecular weight excluding hydrogens is 270 g/mol. The van der Waals surface area contributed by atoms with E-state index < -0.39 is 11.4 Å². The van der Waals surface area contributed by atoms with E-state index in [1.807, 2.05) is 0 Å². The zero-order chi connectivity index (χ0) is 16.0. The summed E-state index contributed by atoms with van der Waals surface area (Å²) in [5, 5.41) is 20.5. The van der Waals surface area contributed by atoms with E-state index >= 15 is 0 Å². The maximum Gasteiger partial charge on any atom is 0.335 e. The smallest absolute Gasteiger partial charge is 0.335 e. The third-order valence-electron chi connectivity index (χ3n) is 2.93. The molecule has 0 heterocycles. The van der Waals surface area contributed by atoms with Crippen LogP contribution >= 0.6 is 0 Å². The number of hydrogen-bond acceptors (Lipinski definition) is 3. The molecule has 0 spiro atoms. The number of carboxylic acids is 1. The number of amides is 2. The molecule has 0 aromatic heterocycles. The summed E-state index contributed by atoms with van der Waals surface area (Å²) in [5.41, 5.74) is 0.411. The number of nitrogens with zero attached hydrogens (tertiary/aromatic N) is 2. The summed E-state index contributed by atoms with van der Waals surface area (Å²) in [6.45, 7) is 4.16. The molecule has 0 bridgehead atoms. The first-order chi connectivity index (χ1) is 9.75. The highest BCUT2D eigenvalue weighted by molar-refractivity contribution is 5.87. The number of aromatic carboxylic acids is 1. The van der Waals surface area contributed by atoms with E-state index in [2.05, 4.69) is 11.4 Å². The molecule has 0 saturated carbocycles. The molecule has 21 heavy (non-hydrogen) atoms. The second-order valence-corrected chi connectivity index (χ2v) is 5.51. The van der Waals surface area contributed by atoms with Gasteiger partial charge in [0, 0.05) is 20.1 Å². The van der Waals surface area contributed by atoms with Crippen LogP contribution in [-0.4, -0.2) is 35.6 Å². The van der Waals surface area contributed by atoms with Crippen molar-refractivity contribution in [3.8, 4) is 6.07 Å². The summed E-state index contributed by atoms with van der Waals surface area (Å²) < 4.78 is 0. The minimum atomic E-state index is -0.982. The van der Waals surface area contributed by atoms with E-state index in [9.17, 15) is 9.59 Å². The molecule has 0 aliphatic rings. The van der Waals surface area contributed by atoms with Crippen molar-refractivity contribution in [1.29, 1.82) is 5.26 Å². The molecule has 0 atom stereocenters. The van der Waals surface area contributed by atoms with Gasteiger partial charge in [-0.1, -0.05) is 12.1 Å². The van der Waals surface area contributed by atoms with Gasteiger partial charge in [-0.15, -0.1) is 0 Å². The molecule has 1 rings (SSSR count). The highest BCUT2D eigenvalue weighted by atomic mass is 16.4. The Morgan fingerprint density at radius 3 is 2.38 bits per heavy atom. The lowest BCUT2D eigenvalue weighted by molar-refractivity contribution is 0.0697. The summed E-state index contributed by atoms with van der Waals surface area (Å²) in [7, 11) is 1.63. The summed E-state index contributed by atoms with van der Waals surface area (Å²) in [6, 6.07) is 8.16. The van der Waals surface area contributed by atoms with Gasteiger partial charge < -0.3 is 15.3 Å². The van der Waals surface area contributed by atoms with Crippen molar-refractivity contribution < 1.29 is 14.7 Å². The number of carboxylic acid groups (broad SMARTS) is 1. The van der Waals surface area contributed by atoms with Gasteiger partial charge in [-0.05, 0) is 31.5 Å². The molecule has 2 N–H and O–H groups in total. The molecule has 1 aromatic rings. The Morgan fingerprint density at radius 1 is 1.33 bits per heavy atom. The Balaban J connectivity index is 2.53. The molecule has 0 radical (unpaired) electrons. The van der Waals surface area contributed by atoms with Crippen molar-refractivity contribution in [2.75, 3.05) is 13.6 Å². The lowest BCUT2D eigenvalue weighted by Crippen LogP contribution is -2.41. The van der Waals surface area contributed by atoms with Crippen molar-refractivity contribution in [2.24, 2.45) is 5.41 Å². The minimum absolute atomic E-state index is 0.206. The van der Waals surface area contributed by atoms with Gasteiger partial charge in [0.25, 0.3) is 0 Å². The van der Waals surface area contributed by atoms with Crippen LogP contribution in [0.1, 0.15) is 29.8 Å². The van der Waals surface area contributed by atoms with E-state index in [0.29, 0.717) is 13.1 Å². The predicted octanol–water partition coefficient (Wildman–Crippen LogP) is 2.08. The highest BCUT2D eigenvalue weighted by Crippen LogP contribution is 2.14. The number of benzene rings is 1. The molecule has 2 amide bonds. The van der Waals surface area contributed by atoms with Crippen LogP contribution in [0.25, 0.3) is 0 Å². The average Bonchev–Trinajstić information content (AvgIpc) is 2.44. The second kappa shape index (κ2) is 6.75. The summed E-state index contributed by atoms with van der Waals surface area (Å²) in [6.07, 6.45) is 0. The molecule has 6 heteroatoms. The van der Waals surface area contributed by atoms with Crippen LogP contribution in [0.5, 0.6) is 0 Å². The first-order valence-electron chi connectivity index (χ1n) is 6.47. The zero-order valence-electron chi connectivity index (χ0n) is 12.4. The Labute approximate surface area is 124 Å². The highest BCUT2D eigenvalue weighted by Gasteiger charge is 2.21. The monoisotopic (exact) mass is 289 g/mol. The summed E-state index contributed by atoms with van der Waals surface area (Å²) in [4.78, 5) is 24.1. The van der Waals surface area contributed by atoms with Crippen molar-refractivity contribution in [2.45, 2.75) is 20.4 Å². The fourth-order valence-electron chi connectivity index (χ4n) is 1.78. The molecule has 1 aromatic carbocycles. The van der Waals surface area contributed by atoms with E-state index in [0.717, 1.165) is 5.56 Å². The normalized spacial score (nSPS) is 10.6. The third kappa shape index (κ3) is 5.15. The van der Waals surface area contributed by atoms with Crippen LogP contribution in [0.2, 0.25) is 0 Å². The molecule has 6 nitrogen and oxygen atoms in total. The number of carbonyl (C=O) groups excluding carboxylic acids is 1. The Kier molecular flexibility index (Phi) is 5.30. The maximum absolute atomic E-state index is 11.9. The lowest BCUT2D eigenvalue weighted by atomic mass is 9.95. The molecule has 0 aliphatic heterocycles. The molecule has 0 aliphatic carbocycles. The molecule has 0 unspecified atom stereocenters. The van der Waals surface area contributed by atoms with Crippen LogP contribution in [0.3, 0.4) is 0 Å².